The molecule has 0 aromatic heterocycles. The van der Waals surface area contributed by atoms with Crippen molar-refractivity contribution in [1.82, 2.24) is 14.9 Å². The Bertz CT molecular complexity index is 1040. The third kappa shape index (κ3) is 7.12. The van der Waals surface area contributed by atoms with Gasteiger partial charge in [0.2, 0.25) is 21.8 Å². The Hall–Kier alpha value is -2.75. The van der Waals surface area contributed by atoms with Crippen molar-refractivity contribution in [2.75, 3.05) is 19.7 Å². The van der Waals surface area contributed by atoms with Crippen molar-refractivity contribution in [3.8, 4) is 0 Å². The summed E-state index contributed by atoms with van der Waals surface area (Å²) in [5.41, 5.74) is 0.847. The van der Waals surface area contributed by atoms with E-state index in [1.165, 1.54) is 17.0 Å². The highest BCUT2D eigenvalue weighted by Crippen LogP contribution is 2.17. The zero-order chi connectivity index (χ0) is 24.6. The smallest absolute Gasteiger partial charge is 0.243 e. The number of hydrogen-bond donors (Lipinski definition) is 2. The first kappa shape index (κ1) is 25.9. The molecule has 184 valence electrons. The minimum Gasteiger partial charge on any atom is -0.376 e. The van der Waals surface area contributed by atoms with Gasteiger partial charge in [-0.2, -0.15) is 0 Å². The lowest BCUT2D eigenvalue weighted by atomic mass is 10.00. The average molecular weight is 488 g/mol. The number of nitrogens with zero attached hydrogens (tertiary/aromatic N) is 1. The molecule has 0 radical (unpaired) electrons. The molecule has 1 saturated heterocycles. The summed E-state index contributed by atoms with van der Waals surface area (Å²) in [6.07, 6.45) is 1.84. The number of carbonyl (C=O) groups is 2. The number of rotatable bonds is 11. The van der Waals surface area contributed by atoms with Gasteiger partial charge in [-0.05, 0) is 36.5 Å². The first-order valence-corrected chi connectivity index (χ1v) is 13.0. The predicted octanol–water partition coefficient (Wildman–Crippen LogP) is 2.31. The number of sulfonamides is 1. The van der Waals surface area contributed by atoms with Crippen LogP contribution in [0.15, 0.2) is 65.6 Å². The zero-order valence-corrected chi connectivity index (χ0v) is 20.5. The summed E-state index contributed by atoms with van der Waals surface area (Å²) >= 11 is 0. The fourth-order valence-electron chi connectivity index (χ4n) is 3.99. The molecular formula is C25H33N3O5S. The Morgan fingerprint density at radius 2 is 1.71 bits per heavy atom. The van der Waals surface area contributed by atoms with Crippen LogP contribution in [0.4, 0.5) is 0 Å². The molecule has 0 unspecified atom stereocenters. The lowest BCUT2D eigenvalue weighted by molar-refractivity contribution is -0.142. The van der Waals surface area contributed by atoms with Gasteiger partial charge < -0.3 is 15.0 Å². The van der Waals surface area contributed by atoms with Crippen LogP contribution in [-0.2, 0) is 30.9 Å². The number of carbonyl (C=O) groups excluding carboxylic acids is 2. The van der Waals surface area contributed by atoms with E-state index in [9.17, 15) is 18.0 Å². The molecule has 1 heterocycles. The first-order chi connectivity index (χ1) is 16.3. The number of amides is 2. The molecule has 2 N–H and O–H groups in total. The van der Waals surface area contributed by atoms with Gasteiger partial charge in [0.15, 0.2) is 0 Å². The molecule has 2 atom stereocenters. The second kappa shape index (κ2) is 12.1. The summed E-state index contributed by atoms with van der Waals surface area (Å²) in [7, 11) is -3.86. The molecule has 1 aliphatic heterocycles. The van der Waals surface area contributed by atoms with E-state index in [1.807, 2.05) is 44.2 Å². The van der Waals surface area contributed by atoms with E-state index in [-0.39, 0.29) is 29.4 Å². The van der Waals surface area contributed by atoms with Crippen LogP contribution in [0.2, 0.25) is 0 Å². The zero-order valence-electron chi connectivity index (χ0n) is 19.6. The summed E-state index contributed by atoms with van der Waals surface area (Å²) in [5, 5.41) is 2.93. The van der Waals surface area contributed by atoms with E-state index >= 15 is 0 Å². The van der Waals surface area contributed by atoms with Gasteiger partial charge in [-0.3, -0.25) is 9.59 Å². The molecule has 2 aromatic carbocycles. The molecule has 9 heteroatoms. The largest absolute Gasteiger partial charge is 0.376 e. The molecular weight excluding hydrogens is 454 g/mol. The second-order valence-electron chi connectivity index (χ2n) is 8.71. The van der Waals surface area contributed by atoms with Crippen LogP contribution in [-0.4, -0.2) is 57.0 Å². The van der Waals surface area contributed by atoms with E-state index in [0.717, 1.165) is 18.4 Å². The van der Waals surface area contributed by atoms with Gasteiger partial charge in [0.05, 0.1) is 17.5 Å². The molecule has 0 aliphatic carbocycles. The van der Waals surface area contributed by atoms with E-state index < -0.39 is 28.5 Å². The maximum atomic E-state index is 13.3. The van der Waals surface area contributed by atoms with Crippen LogP contribution in [0.5, 0.6) is 0 Å². The van der Waals surface area contributed by atoms with E-state index in [4.69, 9.17) is 4.74 Å². The highest BCUT2D eigenvalue weighted by Gasteiger charge is 2.33. The third-order valence-electron chi connectivity index (χ3n) is 5.75. The molecule has 1 fully saturated rings. The molecule has 0 spiro atoms. The molecule has 34 heavy (non-hydrogen) atoms. The van der Waals surface area contributed by atoms with Gasteiger partial charge in [-0.25, -0.2) is 13.1 Å². The number of nitrogens with one attached hydrogen (secondary N) is 2. The summed E-state index contributed by atoms with van der Waals surface area (Å²) < 4.78 is 33.2. The fraction of sp³-hybridized carbons (Fsp3) is 0.440. The standard InChI is InChI=1S/C25H33N3O5S/c1-19(2)24(25(30)26-16-21-12-9-15-33-21)28(18-20-10-5-3-6-11-20)23(29)17-27-34(31,32)22-13-7-4-8-14-22/h3-8,10-11,13-14,19,21,24,27H,9,12,15-18H2,1-2H3,(H,26,30)/t21-,24-/m0/s1. The van der Waals surface area contributed by atoms with Crippen LogP contribution in [0.3, 0.4) is 0 Å². The Balaban J connectivity index is 1.77. The van der Waals surface area contributed by atoms with Crippen molar-refractivity contribution < 1.29 is 22.7 Å². The van der Waals surface area contributed by atoms with Gasteiger partial charge in [-0.15, -0.1) is 0 Å². The third-order valence-corrected chi connectivity index (χ3v) is 7.16. The lowest BCUT2D eigenvalue weighted by Crippen LogP contribution is -2.54. The Morgan fingerprint density at radius 1 is 1.06 bits per heavy atom. The maximum absolute atomic E-state index is 13.3. The number of hydrogen-bond acceptors (Lipinski definition) is 5. The molecule has 2 aromatic rings. The highest BCUT2D eigenvalue weighted by molar-refractivity contribution is 7.89. The normalized spacial score (nSPS) is 16.9. The molecule has 3 rings (SSSR count). The van der Waals surface area contributed by atoms with Gasteiger partial charge in [0, 0.05) is 19.7 Å². The van der Waals surface area contributed by atoms with E-state index in [0.29, 0.717) is 13.2 Å². The summed E-state index contributed by atoms with van der Waals surface area (Å²) in [6.45, 7) is 4.55. The van der Waals surface area contributed by atoms with Crippen molar-refractivity contribution in [2.24, 2.45) is 5.92 Å². The molecule has 0 saturated carbocycles. The average Bonchev–Trinajstić information content (AvgIpc) is 3.36. The monoisotopic (exact) mass is 487 g/mol. The van der Waals surface area contributed by atoms with Crippen molar-refractivity contribution in [3.05, 3.63) is 66.2 Å². The minimum atomic E-state index is -3.86. The Labute approximate surface area is 201 Å². The number of benzene rings is 2. The summed E-state index contributed by atoms with van der Waals surface area (Å²) in [6, 6.07) is 16.4. The van der Waals surface area contributed by atoms with Gasteiger partial charge in [0.25, 0.3) is 0 Å². The van der Waals surface area contributed by atoms with Gasteiger partial charge in [-0.1, -0.05) is 62.4 Å². The highest BCUT2D eigenvalue weighted by atomic mass is 32.2. The van der Waals surface area contributed by atoms with Crippen LogP contribution < -0.4 is 10.0 Å². The van der Waals surface area contributed by atoms with Gasteiger partial charge in [0.1, 0.15) is 6.04 Å². The Morgan fingerprint density at radius 3 is 2.29 bits per heavy atom. The van der Waals surface area contributed by atoms with Crippen LogP contribution in [0.25, 0.3) is 0 Å². The van der Waals surface area contributed by atoms with Crippen LogP contribution >= 0.6 is 0 Å². The number of ether oxygens (including phenoxy) is 1. The summed E-state index contributed by atoms with van der Waals surface area (Å²) in [4.78, 5) is 28.1. The molecule has 0 bridgehead atoms. The molecule has 1 aliphatic rings. The SMILES string of the molecule is CC(C)[C@@H](C(=O)NC[C@@H]1CCCO1)N(Cc1ccccc1)C(=O)CNS(=O)(=O)c1ccccc1. The molecule has 2 amide bonds. The van der Waals surface area contributed by atoms with Crippen molar-refractivity contribution in [1.29, 1.82) is 0 Å². The van der Waals surface area contributed by atoms with E-state index in [2.05, 4.69) is 10.0 Å². The van der Waals surface area contributed by atoms with Crippen LogP contribution in [0.1, 0.15) is 32.3 Å². The van der Waals surface area contributed by atoms with E-state index in [1.54, 1.807) is 18.2 Å². The second-order valence-corrected chi connectivity index (χ2v) is 10.5. The van der Waals surface area contributed by atoms with Crippen molar-refractivity contribution in [3.63, 3.8) is 0 Å². The Kier molecular flexibility index (Phi) is 9.20. The van der Waals surface area contributed by atoms with Crippen LogP contribution in [0, 0.1) is 5.92 Å². The minimum absolute atomic E-state index is 0.0206. The van der Waals surface area contributed by atoms with Crippen molar-refractivity contribution in [2.45, 2.75) is 50.3 Å². The lowest BCUT2D eigenvalue weighted by Gasteiger charge is -2.34. The first-order valence-electron chi connectivity index (χ1n) is 11.6. The summed E-state index contributed by atoms with van der Waals surface area (Å²) in [5.74, 6) is -0.946. The topological polar surface area (TPSA) is 105 Å². The maximum Gasteiger partial charge on any atom is 0.243 e. The van der Waals surface area contributed by atoms with Crippen molar-refractivity contribution >= 4 is 21.8 Å². The fourth-order valence-corrected chi connectivity index (χ4v) is 4.99. The molecule has 8 nitrogen and oxygen atoms in total. The predicted molar refractivity (Wildman–Crippen MR) is 129 cm³/mol. The van der Waals surface area contributed by atoms with Gasteiger partial charge >= 0.3 is 0 Å². The quantitative estimate of drug-likeness (QED) is 0.506.